The van der Waals surface area contributed by atoms with Crippen LogP contribution in [-0.4, -0.2) is 32.2 Å². The average molecular weight is 341 g/mol. The van der Waals surface area contributed by atoms with E-state index >= 15 is 0 Å². The number of anilines is 1. The molecule has 2 aromatic heterocycles. The summed E-state index contributed by atoms with van der Waals surface area (Å²) in [4.78, 5) is 19.1. The topological polar surface area (TPSA) is 63.1 Å². The van der Waals surface area contributed by atoms with Crippen LogP contribution in [0.4, 0.5) is 10.5 Å². The molecule has 6 nitrogen and oxygen atoms in total. The number of rotatable bonds is 3. The third-order valence-corrected chi connectivity index (χ3v) is 4.75. The van der Waals surface area contributed by atoms with E-state index in [1.807, 2.05) is 30.3 Å². The Morgan fingerprint density at radius 3 is 2.72 bits per heavy atom. The molecule has 0 radical (unpaired) electrons. The van der Waals surface area contributed by atoms with E-state index in [1.54, 1.807) is 17.1 Å². The van der Waals surface area contributed by atoms with Gasteiger partial charge in [0.2, 0.25) is 0 Å². The molecule has 0 spiro atoms. The van der Waals surface area contributed by atoms with Gasteiger partial charge in [-0.1, -0.05) is 26.7 Å². The zero-order valence-electron chi connectivity index (χ0n) is 15.3. The molecule has 6 heteroatoms. The van der Waals surface area contributed by atoms with Gasteiger partial charge in [0.15, 0.2) is 0 Å². The maximum absolute atomic E-state index is 13.1. The zero-order valence-corrected chi connectivity index (χ0v) is 15.3. The Hall–Kier alpha value is -2.37. The van der Waals surface area contributed by atoms with Crippen molar-refractivity contribution >= 4 is 11.7 Å². The van der Waals surface area contributed by atoms with Gasteiger partial charge in [-0.15, -0.1) is 0 Å². The van der Waals surface area contributed by atoms with Crippen molar-refractivity contribution in [3.8, 4) is 0 Å². The summed E-state index contributed by atoms with van der Waals surface area (Å²) >= 11 is 0. The van der Waals surface area contributed by atoms with Gasteiger partial charge in [0.1, 0.15) is 0 Å². The number of amides is 2. The van der Waals surface area contributed by atoms with Gasteiger partial charge in [-0.05, 0) is 36.5 Å². The van der Waals surface area contributed by atoms with Gasteiger partial charge in [-0.25, -0.2) is 4.79 Å². The van der Waals surface area contributed by atoms with Crippen molar-refractivity contribution < 1.29 is 4.79 Å². The first-order valence-corrected chi connectivity index (χ1v) is 9.07. The summed E-state index contributed by atoms with van der Waals surface area (Å²) in [6.45, 7) is 4.95. The second-order valence-electron chi connectivity index (χ2n) is 7.03. The van der Waals surface area contributed by atoms with Crippen molar-refractivity contribution in [1.29, 1.82) is 0 Å². The van der Waals surface area contributed by atoms with Crippen LogP contribution in [-0.2, 0) is 7.05 Å². The lowest BCUT2D eigenvalue weighted by Gasteiger charge is -2.30. The number of pyridine rings is 1. The number of carbonyl (C=O) groups excluding carboxylic acids is 1. The summed E-state index contributed by atoms with van der Waals surface area (Å²) in [6, 6.07) is 4.09. The van der Waals surface area contributed by atoms with Gasteiger partial charge in [0.05, 0.1) is 17.4 Å². The first-order chi connectivity index (χ1) is 12.1. The molecule has 1 aliphatic rings. The molecule has 1 saturated heterocycles. The molecule has 0 saturated carbocycles. The van der Waals surface area contributed by atoms with Gasteiger partial charge in [0.25, 0.3) is 0 Å². The van der Waals surface area contributed by atoms with Crippen molar-refractivity contribution in [2.75, 3.05) is 11.9 Å². The summed E-state index contributed by atoms with van der Waals surface area (Å²) in [5.74, 6) is 0.261. The molecule has 1 aliphatic heterocycles. The molecule has 1 unspecified atom stereocenters. The van der Waals surface area contributed by atoms with Crippen molar-refractivity contribution in [3.63, 3.8) is 0 Å². The lowest BCUT2D eigenvalue weighted by molar-refractivity contribution is 0.189. The average Bonchev–Trinajstić information content (AvgIpc) is 2.82. The third kappa shape index (κ3) is 4.00. The predicted octanol–water partition coefficient (Wildman–Crippen LogP) is 4.09. The molecule has 134 valence electrons. The molecule has 1 atom stereocenters. The lowest BCUT2D eigenvalue weighted by atomic mass is 10.0. The van der Waals surface area contributed by atoms with E-state index in [4.69, 9.17) is 0 Å². The smallest absolute Gasteiger partial charge is 0.317 e. The van der Waals surface area contributed by atoms with E-state index in [0.29, 0.717) is 0 Å². The van der Waals surface area contributed by atoms with Gasteiger partial charge < -0.3 is 10.2 Å². The Morgan fingerprint density at radius 2 is 2.00 bits per heavy atom. The van der Waals surface area contributed by atoms with Gasteiger partial charge in [0, 0.05) is 32.2 Å². The van der Waals surface area contributed by atoms with Crippen LogP contribution in [0.2, 0.25) is 0 Å². The second-order valence-corrected chi connectivity index (χ2v) is 7.03. The van der Waals surface area contributed by atoms with Crippen LogP contribution in [0.5, 0.6) is 0 Å². The lowest BCUT2D eigenvalue weighted by Crippen LogP contribution is -2.38. The van der Waals surface area contributed by atoms with E-state index in [9.17, 15) is 4.79 Å². The monoisotopic (exact) mass is 341 g/mol. The Morgan fingerprint density at radius 1 is 1.24 bits per heavy atom. The predicted molar refractivity (Wildman–Crippen MR) is 98.5 cm³/mol. The standard InChI is InChI=1S/C19H27N5O/c1-14(2)18-16(13-23(3)22-18)21-19(25)24-12-6-4-5-7-17(24)15-8-10-20-11-9-15/h8-11,13-14,17H,4-7,12H2,1-3H3,(H,21,25). The van der Waals surface area contributed by atoms with Gasteiger partial charge in [-0.3, -0.25) is 9.67 Å². The van der Waals surface area contributed by atoms with Crippen LogP contribution in [0.3, 0.4) is 0 Å². The molecule has 1 fully saturated rings. The van der Waals surface area contributed by atoms with Crippen LogP contribution in [0.15, 0.2) is 30.7 Å². The van der Waals surface area contributed by atoms with Crippen molar-refractivity contribution in [2.24, 2.45) is 7.05 Å². The van der Waals surface area contributed by atoms with Gasteiger partial charge >= 0.3 is 6.03 Å². The number of hydrogen-bond acceptors (Lipinski definition) is 3. The first kappa shape index (κ1) is 17.5. The first-order valence-electron chi connectivity index (χ1n) is 9.07. The molecular formula is C19H27N5O. The SMILES string of the molecule is CC(C)c1nn(C)cc1NC(=O)N1CCCCCC1c1ccncc1. The molecule has 25 heavy (non-hydrogen) atoms. The van der Waals surface area contributed by atoms with E-state index in [1.165, 1.54) is 0 Å². The van der Waals surface area contributed by atoms with E-state index in [0.717, 1.165) is 49.2 Å². The van der Waals surface area contributed by atoms with Crippen molar-refractivity contribution in [3.05, 3.63) is 42.0 Å². The number of likely N-dealkylation sites (tertiary alicyclic amines) is 1. The summed E-state index contributed by atoms with van der Waals surface area (Å²) in [7, 11) is 1.88. The number of aromatic nitrogens is 3. The quantitative estimate of drug-likeness (QED) is 0.914. The number of urea groups is 1. The number of hydrogen-bond donors (Lipinski definition) is 1. The number of nitrogens with one attached hydrogen (secondary N) is 1. The van der Waals surface area contributed by atoms with Crippen molar-refractivity contribution in [1.82, 2.24) is 19.7 Å². The highest BCUT2D eigenvalue weighted by Gasteiger charge is 2.27. The largest absolute Gasteiger partial charge is 0.322 e. The van der Waals surface area contributed by atoms with E-state index in [2.05, 4.69) is 29.2 Å². The van der Waals surface area contributed by atoms with Crippen LogP contribution >= 0.6 is 0 Å². The third-order valence-electron chi connectivity index (χ3n) is 4.75. The van der Waals surface area contributed by atoms with Crippen LogP contribution in [0.1, 0.15) is 62.7 Å². The Labute approximate surface area is 149 Å². The minimum absolute atomic E-state index is 0.0430. The number of aryl methyl sites for hydroxylation is 1. The fraction of sp³-hybridized carbons (Fsp3) is 0.526. The summed E-state index contributed by atoms with van der Waals surface area (Å²) in [5.41, 5.74) is 2.88. The maximum atomic E-state index is 13.1. The molecule has 0 bridgehead atoms. The molecular weight excluding hydrogens is 314 g/mol. The number of carbonyl (C=O) groups is 1. The molecule has 2 amide bonds. The van der Waals surface area contributed by atoms with Crippen LogP contribution < -0.4 is 5.32 Å². The summed E-state index contributed by atoms with van der Waals surface area (Å²) < 4.78 is 1.76. The Kier molecular flexibility index (Phi) is 5.36. The van der Waals surface area contributed by atoms with Gasteiger partial charge in [-0.2, -0.15) is 5.10 Å². The molecule has 0 aromatic carbocycles. The van der Waals surface area contributed by atoms with E-state index in [-0.39, 0.29) is 18.0 Å². The van der Waals surface area contributed by atoms with Crippen LogP contribution in [0.25, 0.3) is 0 Å². The minimum atomic E-state index is -0.0430. The molecule has 3 rings (SSSR count). The zero-order chi connectivity index (χ0) is 17.8. The molecule has 1 N–H and O–H groups in total. The van der Waals surface area contributed by atoms with E-state index < -0.39 is 0 Å². The fourth-order valence-corrected chi connectivity index (χ4v) is 3.50. The molecule has 2 aromatic rings. The summed E-state index contributed by atoms with van der Waals surface area (Å²) in [6.07, 6.45) is 9.81. The molecule has 3 heterocycles. The highest BCUT2D eigenvalue weighted by molar-refractivity contribution is 5.90. The Bertz CT molecular complexity index is 710. The summed E-state index contributed by atoms with van der Waals surface area (Å²) in [5, 5.41) is 7.58. The normalized spacial score (nSPS) is 18.2. The van der Waals surface area contributed by atoms with Crippen LogP contribution in [0, 0.1) is 0 Å². The minimum Gasteiger partial charge on any atom is -0.317 e. The highest BCUT2D eigenvalue weighted by atomic mass is 16.2. The number of nitrogens with zero attached hydrogens (tertiary/aromatic N) is 4. The second kappa shape index (κ2) is 7.68. The highest BCUT2D eigenvalue weighted by Crippen LogP contribution is 2.31. The van der Waals surface area contributed by atoms with Crippen molar-refractivity contribution in [2.45, 2.75) is 51.5 Å². The molecule has 0 aliphatic carbocycles. The maximum Gasteiger partial charge on any atom is 0.322 e. The Balaban J connectivity index is 1.83. The fourth-order valence-electron chi connectivity index (χ4n) is 3.50.